The van der Waals surface area contributed by atoms with E-state index in [0.717, 1.165) is 36.6 Å². The van der Waals surface area contributed by atoms with Gasteiger partial charge in [-0.15, -0.1) is 0 Å². The van der Waals surface area contributed by atoms with E-state index in [-0.39, 0.29) is 18.0 Å². The van der Waals surface area contributed by atoms with Gasteiger partial charge in [-0.1, -0.05) is 6.42 Å². The van der Waals surface area contributed by atoms with Crippen molar-refractivity contribution in [2.24, 2.45) is 4.36 Å². The van der Waals surface area contributed by atoms with E-state index >= 15 is 0 Å². The molecule has 1 N–H and O–H groups in total. The van der Waals surface area contributed by atoms with E-state index in [1.54, 1.807) is 31.8 Å². The second kappa shape index (κ2) is 9.61. The van der Waals surface area contributed by atoms with Crippen LogP contribution >= 0.6 is 0 Å². The van der Waals surface area contributed by atoms with Gasteiger partial charge in [0.15, 0.2) is 0 Å². The van der Waals surface area contributed by atoms with E-state index in [0.29, 0.717) is 28.5 Å². The Hall–Kier alpha value is -2.78. The lowest BCUT2D eigenvalue weighted by Crippen LogP contribution is -2.36. The Labute approximate surface area is 193 Å². The molecule has 0 spiro atoms. The van der Waals surface area contributed by atoms with Crippen LogP contribution in [-0.4, -0.2) is 46.0 Å². The Morgan fingerprint density at radius 2 is 1.88 bits per heavy atom. The van der Waals surface area contributed by atoms with Crippen LogP contribution in [0.2, 0.25) is 0 Å². The molecule has 0 radical (unpaired) electrons. The largest absolute Gasteiger partial charge is 0.485 e. The Bertz CT molecular complexity index is 1280. The first-order chi connectivity index (χ1) is 15.7. The molecule has 1 aliphatic rings. The second-order valence-electron chi connectivity index (χ2n) is 8.63. The molecule has 7 nitrogen and oxygen atoms in total. The molecule has 0 amide bonds. The number of fused-ring (bicyclic) bond motifs is 1. The fraction of sp³-hybridized carbons (Fsp3) is 0.417. The van der Waals surface area contributed by atoms with E-state index in [2.05, 4.69) is 19.6 Å². The van der Waals surface area contributed by atoms with Gasteiger partial charge < -0.3 is 14.8 Å². The van der Waals surface area contributed by atoms with E-state index in [4.69, 9.17) is 9.47 Å². The van der Waals surface area contributed by atoms with Crippen molar-refractivity contribution < 1.29 is 18.1 Å². The summed E-state index contributed by atoms with van der Waals surface area (Å²) >= 11 is 0. The molecule has 1 fully saturated rings. The summed E-state index contributed by atoms with van der Waals surface area (Å²) in [6.07, 6.45) is 8.40. The molecule has 1 aromatic heterocycles. The zero-order valence-corrected chi connectivity index (χ0v) is 20.1. The van der Waals surface area contributed by atoms with Gasteiger partial charge in [0.2, 0.25) is 0 Å². The van der Waals surface area contributed by atoms with Crippen molar-refractivity contribution >= 4 is 37.8 Å². The van der Waals surface area contributed by atoms with Crippen LogP contribution in [0.1, 0.15) is 31.2 Å². The molecule has 1 heterocycles. The van der Waals surface area contributed by atoms with Crippen LogP contribution in [0.3, 0.4) is 0 Å². The number of halogens is 1. The van der Waals surface area contributed by atoms with Gasteiger partial charge in [0.25, 0.3) is 0 Å². The van der Waals surface area contributed by atoms with Gasteiger partial charge in [0.05, 0.1) is 23.0 Å². The lowest BCUT2D eigenvalue weighted by Gasteiger charge is -2.31. The maximum atomic E-state index is 14.1. The van der Waals surface area contributed by atoms with Gasteiger partial charge in [-0.2, -0.15) is 4.36 Å². The molecule has 3 aromatic rings. The molecule has 9 heteroatoms. The van der Waals surface area contributed by atoms with Gasteiger partial charge in [0, 0.05) is 40.8 Å². The highest BCUT2D eigenvalue weighted by Crippen LogP contribution is 2.35. The zero-order chi connectivity index (χ0) is 23.6. The maximum absolute atomic E-state index is 14.1. The van der Waals surface area contributed by atoms with Gasteiger partial charge >= 0.3 is 0 Å². The van der Waals surface area contributed by atoms with Crippen molar-refractivity contribution in [3.63, 3.8) is 0 Å². The summed E-state index contributed by atoms with van der Waals surface area (Å²) in [5.74, 6) is 0.607. The fourth-order valence-corrected chi connectivity index (χ4v) is 4.84. The van der Waals surface area contributed by atoms with Crippen LogP contribution in [0.4, 0.5) is 21.6 Å². The number of rotatable bonds is 6. The third-order valence-corrected chi connectivity index (χ3v) is 6.32. The number of aryl methyl sites for hydroxylation is 1. The third kappa shape index (κ3) is 5.59. The van der Waals surface area contributed by atoms with Crippen molar-refractivity contribution in [2.75, 3.05) is 24.9 Å². The van der Waals surface area contributed by atoms with E-state index in [1.807, 2.05) is 13.0 Å². The number of hydrogen-bond acceptors (Lipinski definition) is 7. The summed E-state index contributed by atoms with van der Waals surface area (Å²) in [6, 6.07) is 8.06. The predicted octanol–water partition coefficient (Wildman–Crippen LogP) is 5.52. The minimum atomic E-state index is -2.30. The smallest absolute Gasteiger partial charge is 0.146 e. The van der Waals surface area contributed by atoms with Crippen LogP contribution in [0.15, 0.2) is 41.0 Å². The average Bonchev–Trinajstić information content (AvgIpc) is 2.74. The molecule has 0 aliphatic heterocycles. The average molecular weight is 473 g/mol. The highest BCUT2D eigenvalue weighted by atomic mass is 32.2. The van der Waals surface area contributed by atoms with Crippen LogP contribution < -0.4 is 10.1 Å². The maximum Gasteiger partial charge on any atom is 0.146 e. The predicted molar refractivity (Wildman–Crippen MR) is 130 cm³/mol. The Balaban J connectivity index is 1.71. The highest BCUT2D eigenvalue weighted by Gasteiger charge is 2.27. The molecular formula is C24H29FN4O3S. The summed E-state index contributed by atoms with van der Waals surface area (Å²) < 4.78 is 42.4. The lowest BCUT2D eigenvalue weighted by molar-refractivity contribution is -0.0227. The first-order valence-corrected chi connectivity index (χ1v) is 13.2. The number of nitrogens with zero attached hydrogens (tertiary/aromatic N) is 3. The van der Waals surface area contributed by atoms with Crippen LogP contribution in [0.25, 0.3) is 10.9 Å². The van der Waals surface area contributed by atoms with Gasteiger partial charge in [-0.05, 0) is 56.0 Å². The summed E-state index contributed by atoms with van der Waals surface area (Å²) in [5, 5.41) is 4.11. The molecule has 1 saturated carbocycles. The molecule has 0 unspecified atom stereocenters. The molecule has 2 aromatic carbocycles. The summed E-state index contributed by atoms with van der Waals surface area (Å²) in [5.41, 5.74) is 2.77. The molecule has 2 atom stereocenters. The summed E-state index contributed by atoms with van der Waals surface area (Å²) in [7, 11) is -0.615. The van der Waals surface area contributed by atoms with Crippen molar-refractivity contribution in [1.29, 1.82) is 0 Å². The highest BCUT2D eigenvalue weighted by molar-refractivity contribution is 7.92. The molecule has 33 heavy (non-hydrogen) atoms. The van der Waals surface area contributed by atoms with E-state index in [9.17, 15) is 8.60 Å². The second-order valence-corrected chi connectivity index (χ2v) is 11.2. The molecule has 0 saturated heterocycles. The standard InChI is InChI=1S/C24H29FN4O3S/c1-15-11-17(29-33(3,4)30)13-19-23(15)24(27-14-26-19)28-18-10-9-16(25)12-22(18)32-21-8-6-5-7-20(21)31-2/h9-14,20-21H,5-8H2,1-4H3,(H,26,27,28)/t20-,21-/m1/s1. The first-order valence-electron chi connectivity index (χ1n) is 10.9. The number of nitrogens with one attached hydrogen (secondary N) is 1. The summed E-state index contributed by atoms with van der Waals surface area (Å²) in [6.45, 7) is 1.93. The fourth-order valence-electron chi connectivity index (χ4n) is 4.23. The minimum absolute atomic E-state index is 0.0217. The van der Waals surface area contributed by atoms with Crippen molar-refractivity contribution in [2.45, 2.75) is 44.8 Å². The molecule has 1 aliphatic carbocycles. The third-order valence-electron chi connectivity index (χ3n) is 5.66. The van der Waals surface area contributed by atoms with E-state index < -0.39 is 9.73 Å². The first kappa shape index (κ1) is 23.4. The Morgan fingerprint density at radius 3 is 2.61 bits per heavy atom. The van der Waals surface area contributed by atoms with Gasteiger partial charge in [0.1, 0.15) is 29.8 Å². The van der Waals surface area contributed by atoms with Crippen LogP contribution in [0, 0.1) is 12.7 Å². The van der Waals surface area contributed by atoms with Crippen molar-refractivity contribution in [1.82, 2.24) is 9.97 Å². The SMILES string of the molecule is CO[C@@H]1CCCC[C@H]1Oc1cc(F)ccc1Nc1ncnc2cc(N=S(C)(C)=O)cc(C)c12. The number of hydrogen-bond donors (Lipinski definition) is 1. The molecule has 4 rings (SSSR count). The Kier molecular flexibility index (Phi) is 6.81. The zero-order valence-electron chi connectivity index (χ0n) is 19.3. The number of anilines is 2. The van der Waals surface area contributed by atoms with Crippen molar-refractivity contribution in [3.05, 3.63) is 48.0 Å². The van der Waals surface area contributed by atoms with Crippen LogP contribution in [-0.2, 0) is 14.5 Å². The number of methoxy groups -OCH3 is 1. The molecular weight excluding hydrogens is 443 g/mol. The normalized spacial score (nSPS) is 18.8. The quantitative estimate of drug-likeness (QED) is 0.509. The number of ether oxygens (including phenoxy) is 2. The minimum Gasteiger partial charge on any atom is -0.485 e. The Morgan fingerprint density at radius 1 is 1.12 bits per heavy atom. The van der Waals surface area contributed by atoms with Crippen molar-refractivity contribution in [3.8, 4) is 5.75 Å². The topological polar surface area (TPSA) is 85.7 Å². The molecule has 0 bridgehead atoms. The number of benzene rings is 2. The van der Waals surface area contributed by atoms with Crippen LogP contribution in [0.5, 0.6) is 5.75 Å². The number of aromatic nitrogens is 2. The van der Waals surface area contributed by atoms with E-state index in [1.165, 1.54) is 18.5 Å². The van der Waals surface area contributed by atoms with Gasteiger partial charge in [-0.3, -0.25) is 0 Å². The molecule has 176 valence electrons. The van der Waals surface area contributed by atoms with Gasteiger partial charge in [-0.25, -0.2) is 18.6 Å². The lowest BCUT2D eigenvalue weighted by atomic mass is 9.94. The monoisotopic (exact) mass is 472 g/mol. The summed E-state index contributed by atoms with van der Waals surface area (Å²) in [4.78, 5) is 8.80.